The van der Waals surface area contributed by atoms with Crippen molar-refractivity contribution in [3.63, 3.8) is 0 Å². The number of fused-ring (bicyclic) bond motifs is 2. The van der Waals surface area contributed by atoms with Crippen molar-refractivity contribution >= 4 is 5.69 Å². The van der Waals surface area contributed by atoms with Gasteiger partial charge in [-0.25, -0.2) is 0 Å². The molecule has 1 aromatic carbocycles. The highest BCUT2D eigenvalue weighted by Gasteiger charge is 2.65. The molecule has 0 aromatic heterocycles. The number of unbranched alkanes of at least 4 members (excludes halogenated alkanes) is 1. The van der Waals surface area contributed by atoms with Gasteiger partial charge in [0.25, 0.3) is 0 Å². The second kappa shape index (κ2) is 6.45. The summed E-state index contributed by atoms with van der Waals surface area (Å²) in [5.41, 5.74) is 0.507. The minimum Gasteiger partial charge on any atom is -0.385 e. The molecule has 3 saturated carbocycles. The van der Waals surface area contributed by atoms with E-state index in [1.54, 1.807) is 0 Å². The van der Waals surface area contributed by atoms with E-state index in [0.29, 0.717) is 18.4 Å². The standard InChI is InChI=1S/C20H31NO2/c1-4-5-11-23-18-13-15-12-17(19(15,2)3)20(18,22)14-21-16-9-7-6-8-10-16/h6-10,15,17-18,21-22H,4-5,11-14H2,1-3H3/t15-,17-,18+,20-/m1/s1. The molecule has 2 bridgehead atoms. The first-order chi connectivity index (χ1) is 11.0. The fourth-order valence-electron chi connectivity index (χ4n) is 4.57. The molecule has 3 aliphatic rings. The Labute approximate surface area is 140 Å². The van der Waals surface area contributed by atoms with Gasteiger partial charge in [-0.1, -0.05) is 45.4 Å². The van der Waals surface area contributed by atoms with Crippen molar-refractivity contribution < 1.29 is 9.84 Å². The first kappa shape index (κ1) is 16.8. The summed E-state index contributed by atoms with van der Waals surface area (Å²) in [6.45, 7) is 8.11. The molecular formula is C20H31NO2. The first-order valence-corrected chi connectivity index (χ1v) is 9.11. The van der Waals surface area contributed by atoms with Crippen LogP contribution in [0.2, 0.25) is 0 Å². The van der Waals surface area contributed by atoms with Crippen LogP contribution in [0, 0.1) is 17.3 Å². The fraction of sp³-hybridized carbons (Fsp3) is 0.700. The number of para-hydroxylation sites is 1. The van der Waals surface area contributed by atoms with E-state index >= 15 is 0 Å². The van der Waals surface area contributed by atoms with Crippen LogP contribution in [0.5, 0.6) is 0 Å². The molecule has 23 heavy (non-hydrogen) atoms. The zero-order valence-corrected chi connectivity index (χ0v) is 14.7. The van der Waals surface area contributed by atoms with Crippen molar-refractivity contribution in [2.45, 2.75) is 58.2 Å². The molecule has 128 valence electrons. The Balaban J connectivity index is 1.72. The van der Waals surface area contributed by atoms with E-state index < -0.39 is 5.60 Å². The Bertz CT molecular complexity index is 516. The number of ether oxygens (including phenoxy) is 1. The molecule has 3 nitrogen and oxygen atoms in total. The third-order valence-electron chi connectivity index (χ3n) is 6.30. The van der Waals surface area contributed by atoms with Crippen LogP contribution in [0.1, 0.15) is 46.5 Å². The van der Waals surface area contributed by atoms with Crippen LogP contribution in [-0.2, 0) is 4.74 Å². The number of aliphatic hydroxyl groups is 1. The molecule has 2 N–H and O–H groups in total. The van der Waals surface area contributed by atoms with Gasteiger partial charge in [0.2, 0.25) is 0 Å². The van der Waals surface area contributed by atoms with Crippen molar-refractivity contribution in [2.75, 3.05) is 18.5 Å². The van der Waals surface area contributed by atoms with Gasteiger partial charge in [-0.15, -0.1) is 0 Å². The third kappa shape index (κ3) is 3.01. The van der Waals surface area contributed by atoms with Gasteiger partial charge in [0.15, 0.2) is 0 Å². The third-order valence-corrected chi connectivity index (χ3v) is 6.30. The highest BCUT2D eigenvalue weighted by molar-refractivity contribution is 5.43. The minimum atomic E-state index is -0.776. The van der Waals surface area contributed by atoms with Gasteiger partial charge in [-0.2, -0.15) is 0 Å². The van der Waals surface area contributed by atoms with Gasteiger partial charge in [0.05, 0.1) is 6.10 Å². The number of anilines is 1. The zero-order valence-electron chi connectivity index (χ0n) is 14.7. The Morgan fingerprint density at radius 3 is 2.61 bits per heavy atom. The lowest BCUT2D eigenvalue weighted by molar-refractivity contribution is -0.259. The van der Waals surface area contributed by atoms with Gasteiger partial charge < -0.3 is 15.2 Å². The van der Waals surface area contributed by atoms with E-state index in [9.17, 15) is 5.11 Å². The summed E-state index contributed by atoms with van der Waals surface area (Å²) in [5, 5.41) is 15.0. The Morgan fingerprint density at radius 1 is 1.22 bits per heavy atom. The smallest absolute Gasteiger partial charge is 0.111 e. The molecule has 0 amide bonds. The van der Waals surface area contributed by atoms with Gasteiger partial charge in [-0.3, -0.25) is 0 Å². The van der Waals surface area contributed by atoms with Crippen LogP contribution < -0.4 is 5.32 Å². The number of rotatable bonds is 7. The molecule has 0 aliphatic heterocycles. The summed E-state index contributed by atoms with van der Waals surface area (Å²) >= 11 is 0. The summed E-state index contributed by atoms with van der Waals surface area (Å²) in [6, 6.07) is 10.1. The molecule has 0 saturated heterocycles. The highest BCUT2D eigenvalue weighted by Crippen LogP contribution is 2.63. The second-order valence-corrected chi connectivity index (χ2v) is 7.97. The maximum Gasteiger partial charge on any atom is 0.111 e. The lowest BCUT2D eigenvalue weighted by Crippen LogP contribution is -2.70. The predicted molar refractivity (Wildman–Crippen MR) is 94.5 cm³/mol. The van der Waals surface area contributed by atoms with E-state index in [2.05, 4.69) is 26.1 Å². The van der Waals surface area contributed by atoms with Crippen LogP contribution >= 0.6 is 0 Å². The SMILES string of the molecule is CCCCO[C@H]1C[C@H]2C[C@H](C2(C)C)[C@]1(O)CNc1ccccc1. The van der Waals surface area contributed by atoms with Gasteiger partial charge in [0.1, 0.15) is 5.60 Å². The number of nitrogens with one attached hydrogen (secondary N) is 1. The first-order valence-electron chi connectivity index (χ1n) is 9.11. The average molecular weight is 317 g/mol. The summed E-state index contributed by atoms with van der Waals surface area (Å²) in [5.74, 6) is 1.01. The molecule has 4 rings (SSSR count). The summed E-state index contributed by atoms with van der Waals surface area (Å²) in [6.07, 6.45) is 4.28. The van der Waals surface area contributed by atoms with Crippen molar-refractivity contribution in [3.8, 4) is 0 Å². The molecule has 3 fully saturated rings. The number of hydrogen-bond acceptors (Lipinski definition) is 3. The van der Waals surface area contributed by atoms with E-state index in [1.807, 2.05) is 30.3 Å². The Morgan fingerprint density at radius 2 is 1.96 bits per heavy atom. The molecule has 3 aliphatic carbocycles. The molecular weight excluding hydrogens is 286 g/mol. The molecule has 0 spiro atoms. The lowest BCUT2D eigenvalue weighted by atomic mass is 9.43. The predicted octanol–water partition coefficient (Wildman–Crippen LogP) is 4.08. The zero-order chi connectivity index (χ0) is 16.5. The Kier molecular flexibility index (Phi) is 4.70. The number of benzene rings is 1. The van der Waals surface area contributed by atoms with Crippen molar-refractivity contribution in [1.82, 2.24) is 0 Å². The second-order valence-electron chi connectivity index (χ2n) is 7.97. The van der Waals surface area contributed by atoms with Crippen LogP contribution in [0.4, 0.5) is 5.69 Å². The Hall–Kier alpha value is -1.06. The van der Waals surface area contributed by atoms with E-state index in [1.165, 1.54) is 0 Å². The van der Waals surface area contributed by atoms with Crippen LogP contribution in [-0.4, -0.2) is 30.0 Å². The summed E-state index contributed by atoms with van der Waals surface area (Å²) < 4.78 is 6.13. The van der Waals surface area contributed by atoms with Crippen molar-refractivity contribution in [3.05, 3.63) is 30.3 Å². The quantitative estimate of drug-likeness (QED) is 0.745. The van der Waals surface area contributed by atoms with Crippen molar-refractivity contribution in [1.29, 1.82) is 0 Å². The van der Waals surface area contributed by atoms with Crippen LogP contribution in [0.3, 0.4) is 0 Å². The van der Waals surface area contributed by atoms with Gasteiger partial charge in [-0.05, 0) is 48.6 Å². The van der Waals surface area contributed by atoms with E-state index in [0.717, 1.165) is 38.0 Å². The van der Waals surface area contributed by atoms with Crippen LogP contribution in [0.15, 0.2) is 30.3 Å². The maximum atomic E-state index is 11.5. The lowest BCUT2D eigenvalue weighted by Gasteiger charge is -2.65. The number of hydrogen-bond donors (Lipinski definition) is 2. The topological polar surface area (TPSA) is 41.5 Å². The van der Waals surface area contributed by atoms with Gasteiger partial charge >= 0.3 is 0 Å². The van der Waals surface area contributed by atoms with E-state index in [4.69, 9.17) is 4.74 Å². The molecule has 1 aromatic rings. The molecule has 0 unspecified atom stereocenters. The summed E-state index contributed by atoms with van der Waals surface area (Å²) in [4.78, 5) is 0. The normalized spacial score (nSPS) is 34.7. The monoisotopic (exact) mass is 317 g/mol. The maximum absolute atomic E-state index is 11.5. The highest BCUT2D eigenvalue weighted by atomic mass is 16.5. The molecule has 4 atom stereocenters. The van der Waals surface area contributed by atoms with Crippen molar-refractivity contribution in [2.24, 2.45) is 17.3 Å². The van der Waals surface area contributed by atoms with E-state index in [-0.39, 0.29) is 11.5 Å². The molecule has 0 heterocycles. The van der Waals surface area contributed by atoms with Crippen LogP contribution in [0.25, 0.3) is 0 Å². The fourth-order valence-corrected chi connectivity index (χ4v) is 4.57. The largest absolute Gasteiger partial charge is 0.385 e. The molecule has 3 heteroatoms. The summed E-state index contributed by atoms with van der Waals surface area (Å²) in [7, 11) is 0. The van der Waals surface area contributed by atoms with Gasteiger partial charge in [0, 0.05) is 18.8 Å². The average Bonchev–Trinajstić information content (AvgIpc) is 2.55. The minimum absolute atomic E-state index is 0.0398. The molecule has 0 radical (unpaired) electrons.